The van der Waals surface area contributed by atoms with Gasteiger partial charge in [-0.05, 0) is 24.3 Å². The lowest BCUT2D eigenvalue weighted by atomic mass is 10.3. The predicted molar refractivity (Wildman–Crippen MR) is 80.7 cm³/mol. The molecule has 2 aromatic heterocycles. The highest BCUT2D eigenvalue weighted by molar-refractivity contribution is 7.86. The fourth-order valence-electron chi connectivity index (χ4n) is 1.92. The Hall–Kier alpha value is -2.54. The van der Waals surface area contributed by atoms with Gasteiger partial charge in [-0.25, -0.2) is 9.19 Å². The van der Waals surface area contributed by atoms with E-state index in [4.69, 9.17) is 0 Å². The lowest BCUT2D eigenvalue weighted by Crippen LogP contribution is -2.26. The van der Waals surface area contributed by atoms with E-state index in [1.807, 2.05) is 30.3 Å². The summed E-state index contributed by atoms with van der Waals surface area (Å²) in [5.41, 5.74) is 2.15. The predicted octanol–water partition coefficient (Wildman–Crippen LogP) is 1.78. The van der Waals surface area contributed by atoms with Crippen molar-refractivity contribution >= 4 is 34.4 Å². The van der Waals surface area contributed by atoms with Gasteiger partial charge >= 0.3 is 0 Å². The van der Waals surface area contributed by atoms with Crippen LogP contribution < -0.4 is 4.31 Å². The summed E-state index contributed by atoms with van der Waals surface area (Å²) in [6.45, 7) is 0. The third-order valence-corrected chi connectivity index (χ3v) is 4.14. The molecule has 0 saturated heterocycles. The number of benzene rings is 1. The average Bonchev–Trinajstić information content (AvgIpc) is 2.92. The van der Waals surface area contributed by atoms with Crippen LogP contribution in [-0.2, 0) is 21.5 Å². The molecule has 1 unspecified atom stereocenters. The van der Waals surface area contributed by atoms with Gasteiger partial charge in [-0.3, -0.25) is 9.78 Å². The van der Waals surface area contributed by atoms with Crippen molar-refractivity contribution in [3.8, 4) is 0 Å². The number of para-hydroxylation sites is 2. The molecule has 0 aliphatic carbocycles. The van der Waals surface area contributed by atoms with E-state index >= 15 is 0 Å². The molecule has 3 rings (SSSR count). The van der Waals surface area contributed by atoms with Crippen LogP contribution in [0, 0.1) is 0 Å². The summed E-state index contributed by atoms with van der Waals surface area (Å²) in [6.07, 6.45) is 2.13. The minimum Gasteiger partial charge on any atom is -0.323 e. The van der Waals surface area contributed by atoms with Crippen LogP contribution in [0.1, 0.15) is 5.69 Å². The van der Waals surface area contributed by atoms with E-state index in [2.05, 4.69) is 15.0 Å². The number of anilines is 1. The summed E-state index contributed by atoms with van der Waals surface area (Å²) in [4.78, 5) is 22.6. The maximum atomic E-state index is 12.3. The highest BCUT2D eigenvalue weighted by atomic mass is 32.2. The SMILES string of the molecule is O=CN(c1nc2ccccc2[nH]1)S(=O)Cc1ccccn1. The summed E-state index contributed by atoms with van der Waals surface area (Å²) in [5, 5.41) is 0. The first-order valence-corrected chi connectivity index (χ1v) is 7.53. The normalized spacial score (nSPS) is 12.2. The minimum atomic E-state index is -1.58. The van der Waals surface area contributed by atoms with Gasteiger partial charge in [-0.15, -0.1) is 0 Å². The number of pyridine rings is 1. The molecule has 2 heterocycles. The number of imidazole rings is 1. The van der Waals surface area contributed by atoms with Crippen LogP contribution in [0.2, 0.25) is 0 Å². The zero-order chi connectivity index (χ0) is 14.7. The Kier molecular flexibility index (Phi) is 3.74. The quantitative estimate of drug-likeness (QED) is 0.729. The molecule has 7 heteroatoms. The number of aromatic nitrogens is 3. The van der Waals surface area contributed by atoms with Crippen LogP contribution in [-0.4, -0.2) is 25.6 Å². The first kappa shape index (κ1) is 13.4. The Balaban J connectivity index is 1.87. The number of aromatic amines is 1. The molecule has 1 amide bonds. The van der Waals surface area contributed by atoms with E-state index in [1.165, 1.54) is 0 Å². The van der Waals surface area contributed by atoms with Crippen LogP contribution in [0.25, 0.3) is 11.0 Å². The standard InChI is InChI=1S/C14H12N4O2S/c19-10-18(21(20)9-11-5-3-4-8-15-11)14-16-12-6-1-2-7-13(12)17-14/h1-8,10H,9H2,(H,16,17). The van der Waals surface area contributed by atoms with Crippen LogP contribution in [0.15, 0.2) is 48.7 Å². The van der Waals surface area contributed by atoms with Crippen LogP contribution in [0.3, 0.4) is 0 Å². The molecule has 1 aromatic carbocycles. The number of hydrogen-bond donors (Lipinski definition) is 1. The summed E-state index contributed by atoms with van der Waals surface area (Å²) in [7, 11) is -1.58. The average molecular weight is 300 g/mol. The van der Waals surface area contributed by atoms with Gasteiger partial charge in [-0.2, -0.15) is 4.31 Å². The number of amides is 1. The molecular formula is C14H12N4O2S. The Morgan fingerprint density at radius 1 is 1.19 bits per heavy atom. The molecule has 3 aromatic rings. The molecule has 1 N–H and O–H groups in total. The van der Waals surface area contributed by atoms with Gasteiger partial charge in [0.15, 0.2) is 0 Å². The van der Waals surface area contributed by atoms with Crippen LogP contribution >= 0.6 is 0 Å². The molecule has 0 fully saturated rings. The molecule has 21 heavy (non-hydrogen) atoms. The second kappa shape index (κ2) is 5.84. The molecule has 0 spiro atoms. The molecule has 0 saturated carbocycles. The highest BCUT2D eigenvalue weighted by Crippen LogP contribution is 2.18. The van der Waals surface area contributed by atoms with Gasteiger partial charge in [0.05, 0.1) is 22.5 Å². The summed E-state index contributed by atoms with van der Waals surface area (Å²) >= 11 is 0. The Morgan fingerprint density at radius 3 is 2.71 bits per heavy atom. The number of H-pyrrole nitrogens is 1. The molecule has 0 bridgehead atoms. The third kappa shape index (κ3) is 2.82. The van der Waals surface area contributed by atoms with E-state index in [-0.39, 0.29) is 11.7 Å². The maximum absolute atomic E-state index is 12.3. The molecule has 1 atom stereocenters. The fraction of sp³-hybridized carbons (Fsp3) is 0.0714. The van der Waals surface area contributed by atoms with Gasteiger partial charge in [0, 0.05) is 6.20 Å². The second-order valence-corrected chi connectivity index (χ2v) is 5.62. The van der Waals surface area contributed by atoms with Gasteiger partial charge in [-0.1, -0.05) is 18.2 Å². The highest BCUT2D eigenvalue weighted by Gasteiger charge is 2.18. The first-order valence-electron chi connectivity index (χ1n) is 6.25. The maximum Gasteiger partial charge on any atom is 0.228 e. The lowest BCUT2D eigenvalue weighted by Gasteiger charge is -2.12. The molecule has 6 nitrogen and oxygen atoms in total. The Labute approximate surface area is 123 Å². The van der Waals surface area contributed by atoms with Crippen molar-refractivity contribution in [1.29, 1.82) is 0 Å². The van der Waals surface area contributed by atoms with E-state index in [1.54, 1.807) is 18.3 Å². The molecule has 0 aliphatic rings. The molecule has 106 valence electrons. The van der Waals surface area contributed by atoms with Gasteiger partial charge < -0.3 is 4.98 Å². The fourth-order valence-corrected chi connectivity index (χ4v) is 2.86. The minimum absolute atomic E-state index is 0.149. The Bertz CT molecular complexity index is 755. The summed E-state index contributed by atoms with van der Waals surface area (Å²) in [6, 6.07) is 12.7. The Morgan fingerprint density at radius 2 is 2.00 bits per heavy atom. The number of nitrogens with zero attached hydrogens (tertiary/aromatic N) is 3. The van der Waals surface area contributed by atoms with Gasteiger partial charge in [0.25, 0.3) is 0 Å². The topological polar surface area (TPSA) is 79.0 Å². The number of nitrogens with one attached hydrogen (secondary N) is 1. The second-order valence-electron chi connectivity index (χ2n) is 4.30. The van der Waals surface area contributed by atoms with Crippen LogP contribution in [0.4, 0.5) is 5.95 Å². The number of rotatable bonds is 5. The lowest BCUT2D eigenvalue weighted by molar-refractivity contribution is -0.106. The van der Waals surface area contributed by atoms with Crippen molar-refractivity contribution in [3.05, 3.63) is 54.4 Å². The smallest absolute Gasteiger partial charge is 0.228 e. The zero-order valence-electron chi connectivity index (χ0n) is 11.0. The number of fused-ring (bicyclic) bond motifs is 1. The van der Waals surface area contributed by atoms with Crippen molar-refractivity contribution < 1.29 is 9.00 Å². The van der Waals surface area contributed by atoms with Gasteiger partial charge in [0.1, 0.15) is 11.0 Å². The van der Waals surface area contributed by atoms with E-state index in [0.29, 0.717) is 17.6 Å². The van der Waals surface area contributed by atoms with Crippen molar-refractivity contribution in [2.75, 3.05) is 4.31 Å². The largest absolute Gasteiger partial charge is 0.323 e. The number of carbonyl (C=O) groups excluding carboxylic acids is 1. The van der Waals surface area contributed by atoms with Crippen molar-refractivity contribution in [3.63, 3.8) is 0 Å². The molecule has 0 aliphatic heterocycles. The number of hydrogen-bond acceptors (Lipinski definition) is 4. The monoisotopic (exact) mass is 300 g/mol. The van der Waals surface area contributed by atoms with E-state index < -0.39 is 11.0 Å². The zero-order valence-corrected chi connectivity index (χ0v) is 11.8. The van der Waals surface area contributed by atoms with Crippen molar-refractivity contribution in [1.82, 2.24) is 15.0 Å². The summed E-state index contributed by atoms with van der Waals surface area (Å²) in [5.74, 6) is 0.414. The van der Waals surface area contributed by atoms with E-state index in [0.717, 1.165) is 9.82 Å². The third-order valence-electron chi connectivity index (χ3n) is 2.90. The van der Waals surface area contributed by atoms with Gasteiger partial charge in [0.2, 0.25) is 12.4 Å². The summed E-state index contributed by atoms with van der Waals surface area (Å²) < 4.78 is 13.4. The molecular weight excluding hydrogens is 288 g/mol. The van der Waals surface area contributed by atoms with Crippen LogP contribution in [0.5, 0.6) is 0 Å². The first-order chi connectivity index (χ1) is 10.3. The van der Waals surface area contributed by atoms with E-state index in [9.17, 15) is 9.00 Å². The van der Waals surface area contributed by atoms with Crippen molar-refractivity contribution in [2.45, 2.75) is 5.75 Å². The number of carbonyl (C=O) groups is 1. The van der Waals surface area contributed by atoms with Crippen molar-refractivity contribution in [2.24, 2.45) is 0 Å². The molecule has 0 radical (unpaired) electrons.